The summed E-state index contributed by atoms with van der Waals surface area (Å²) in [4.78, 5) is 3.23. The zero-order chi connectivity index (χ0) is 9.42. The molecule has 4 heteroatoms. The molecule has 4 N–H and O–H groups in total. The number of aromatic amines is 2. The number of nitrogens with two attached hydrogens (primary N) is 1. The Morgan fingerprint density at radius 3 is 2.54 bits per heavy atom. The smallest absolute Gasteiger partial charge is 0.145 e. The maximum absolute atomic E-state index is 5.52. The van der Waals surface area contributed by atoms with Crippen LogP contribution in [0.5, 0.6) is 0 Å². The summed E-state index contributed by atoms with van der Waals surface area (Å²) in [6, 6.07) is 3.90. The predicted octanol–water partition coefficient (Wildman–Crippen LogP) is 1.60. The summed E-state index contributed by atoms with van der Waals surface area (Å²) in [5, 5.41) is 6.76. The highest BCUT2D eigenvalue weighted by Gasteiger charge is 2.06. The summed E-state index contributed by atoms with van der Waals surface area (Å²) in [7, 11) is 0. The quantitative estimate of drug-likeness (QED) is 0.617. The number of aromatic nitrogens is 3. The number of aryl methyl sites for hydroxylation is 2. The van der Waals surface area contributed by atoms with Crippen molar-refractivity contribution in [2.24, 2.45) is 0 Å². The molecule has 2 aromatic rings. The van der Waals surface area contributed by atoms with Gasteiger partial charge in [-0.15, -0.1) is 0 Å². The second-order valence-electron chi connectivity index (χ2n) is 3.20. The van der Waals surface area contributed by atoms with Gasteiger partial charge in [-0.05, 0) is 19.9 Å². The molecule has 2 rings (SSSR count). The van der Waals surface area contributed by atoms with Crippen molar-refractivity contribution in [2.45, 2.75) is 13.8 Å². The van der Waals surface area contributed by atoms with Gasteiger partial charge in [0.25, 0.3) is 0 Å². The number of nitrogens with zero attached hydrogens (tertiary/aromatic N) is 1. The summed E-state index contributed by atoms with van der Waals surface area (Å²) >= 11 is 0. The highest BCUT2D eigenvalue weighted by atomic mass is 15.2. The van der Waals surface area contributed by atoms with Crippen molar-refractivity contribution in [1.82, 2.24) is 15.2 Å². The normalized spacial score (nSPS) is 10.6. The van der Waals surface area contributed by atoms with Crippen LogP contribution in [0.15, 0.2) is 12.1 Å². The SMILES string of the molecule is Cc1cc(-c2cc(N)n[nH]2)c(C)[nH]1. The van der Waals surface area contributed by atoms with Crippen LogP contribution < -0.4 is 5.73 Å². The molecule has 2 heterocycles. The molecule has 0 aliphatic heterocycles. The second-order valence-corrected chi connectivity index (χ2v) is 3.20. The zero-order valence-corrected chi connectivity index (χ0v) is 7.68. The van der Waals surface area contributed by atoms with Gasteiger partial charge in [-0.2, -0.15) is 5.10 Å². The lowest BCUT2D eigenvalue weighted by Gasteiger charge is -1.92. The average Bonchev–Trinajstić information content (AvgIpc) is 2.58. The summed E-state index contributed by atoms with van der Waals surface area (Å²) in [6.45, 7) is 4.05. The van der Waals surface area contributed by atoms with Gasteiger partial charge in [-0.3, -0.25) is 5.10 Å². The standard InChI is InChI=1S/C9H12N4/c1-5-3-7(6(2)11-5)8-4-9(10)13-12-8/h3-4,11H,1-2H3,(H3,10,12,13). The van der Waals surface area contributed by atoms with Crippen LogP contribution in [0.4, 0.5) is 5.82 Å². The van der Waals surface area contributed by atoms with E-state index in [9.17, 15) is 0 Å². The van der Waals surface area contributed by atoms with E-state index in [-0.39, 0.29) is 0 Å². The van der Waals surface area contributed by atoms with E-state index in [4.69, 9.17) is 5.73 Å². The predicted molar refractivity (Wildman–Crippen MR) is 52.3 cm³/mol. The highest BCUT2D eigenvalue weighted by molar-refractivity contribution is 5.65. The first-order valence-electron chi connectivity index (χ1n) is 4.14. The van der Waals surface area contributed by atoms with Crippen LogP contribution in [0.1, 0.15) is 11.4 Å². The lowest BCUT2D eigenvalue weighted by atomic mass is 10.2. The van der Waals surface area contributed by atoms with Gasteiger partial charge in [0.2, 0.25) is 0 Å². The van der Waals surface area contributed by atoms with E-state index in [1.165, 1.54) is 0 Å². The Bertz CT molecular complexity index is 425. The molecule has 0 unspecified atom stereocenters. The van der Waals surface area contributed by atoms with Crippen LogP contribution in [0.2, 0.25) is 0 Å². The summed E-state index contributed by atoms with van der Waals surface area (Å²) in [6.07, 6.45) is 0. The molecular formula is C9H12N4. The molecule has 0 saturated heterocycles. The van der Waals surface area contributed by atoms with E-state index in [1.807, 2.05) is 19.9 Å². The van der Waals surface area contributed by atoms with Gasteiger partial charge in [-0.25, -0.2) is 0 Å². The molecule has 0 aromatic carbocycles. The Balaban J connectivity index is 2.51. The fraction of sp³-hybridized carbons (Fsp3) is 0.222. The third kappa shape index (κ3) is 1.30. The number of H-pyrrole nitrogens is 2. The molecule has 4 nitrogen and oxygen atoms in total. The van der Waals surface area contributed by atoms with E-state index in [1.54, 1.807) is 0 Å². The molecule has 0 aliphatic rings. The Morgan fingerprint density at radius 1 is 1.31 bits per heavy atom. The van der Waals surface area contributed by atoms with Gasteiger partial charge in [0.15, 0.2) is 0 Å². The van der Waals surface area contributed by atoms with Crippen molar-refractivity contribution in [1.29, 1.82) is 0 Å². The first-order valence-corrected chi connectivity index (χ1v) is 4.14. The van der Waals surface area contributed by atoms with Crippen molar-refractivity contribution in [2.75, 3.05) is 5.73 Å². The molecule has 13 heavy (non-hydrogen) atoms. The van der Waals surface area contributed by atoms with E-state index >= 15 is 0 Å². The molecule has 0 saturated carbocycles. The van der Waals surface area contributed by atoms with E-state index < -0.39 is 0 Å². The van der Waals surface area contributed by atoms with Gasteiger partial charge in [-0.1, -0.05) is 0 Å². The van der Waals surface area contributed by atoms with Crippen LogP contribution in [0.3, 0.4) is 0 Å². The topological polar surface area (TPSA) is 70.5 Å². The summed E-state index contributed by atoms with van der Waals surface area (Å²) in [5.41, 5.74) is 9.87. The maximum Gasteiger partial charge on any atom is 0.145 e. The van der Waals surface area contributed by atoms with E-state index in [0.717, 1.165) is 22.6 Å². The Labute approximate surface area is 76.2 Å². The van der Waals surface area contributed by atoms with Gasteiger partial charge in [0, 0.05) is 23.0 Å². The maximum atomic E-state index is 5.52. The molecular weight excluding hydrogens is 164 g/mol. The third-order valence-corrected chi connectivity index (χ3v) is 2.04. The van der Waals surface area contributed by atoms with E-state index in [0.29, 0.717) is 5.82 Å². The van der Waals surface area contributed by atoms with Crippen LogP contribution >= 0.6 is 0 Å². The third-order valence-electron chi connectivity index (χ3n) is 2.04. The van der Waals surface area contributed by atoms with Crippen molar-refractivity contribution in [3.8, 4) is 11.3 Å². The minimum Gasteiger partial charge on any atom is -0.382 e. The molecule has 0 amide bonds. The van der Waals surface area contributed by atoms with Gasteiger partial charge < -0.3 is 10.7 Å². The van der Waals surface area contributed by atoms with Crippen molar-refractivity contribution in [3.63, 3.8) is 0 Å². The van der Waals surface area contributed by atoms with Gasteiger partial charge >= 0.3 is 0 Å². The Morgan fingerprint density at radius 2 is 2.08 bits per heavy atom. The second kappa shape index (κ2) is 2.65. The number of hydrogen-bond donors (Lipinski definition) is 3. The van der Waals surface area contributed by atoms with Crippen LogP contribution in [0.25, 0.3) is 11.3 Å². The fourth-order valence-corrected chi connectivity index (χ4v) is 1.48. The number of nitrogen functional groups attached to an aromatic ring is 1. The lowest BCUT2D eigenvalue weighted by molar-refractivity contribution is 1.10. The van der Waals surface area contributed by atoms with Gasteiger partial charge in [0.05, 0.1) is 5.69 Å². The minimum absolute atomic E-state index is 0.522. The van der Waals surface area contributed by atoms with Crippen molar-refractivity contribution < 1.29 is 0 Å². The highest BCUT2D eigenvalue weighted by Crippen LogP contribution is 2.23. The molecule has 2 aromatic heterocycles. The largest absolute Gasteiger partial charge is 0.382 e. The van der Waals surface area contributed by atoms with Crippen LogP contribution in [0, 0.1) is 13.8 Å². The average molecular weight is 176 g/mol. The lowest BCUT2D eigenvalue weighted by Crippen LogP contribution is -1.81. The molecule has 0 fully saturated rings. The Hall–Kier alpha value is -1.71. The van der Waals surface area contributed by atoms with Crippen LogP contribution in [-0.4, -0.2) is 15.2 Å². The zero-order valence-electron chi connectivity index (χ0n) is 7.68. The van der Waals surface area contributed by atoms with Crippen molar-refractivity contribution >= 4 is 5.82 Å². The van der Waals surface area contributed by atoms with Gasteiger partial charge in [0.1, 0.15) is 5.82 Å². The number of rotatable bonds is 1. The number of hydrogen-bond acceptors (Lipinski definition) is 2. The van der Waals surface area contributed by atoms with Crippen molar-refractivity contribution in [3.05, 3.63) is 23.5 Å². The number of anilines is 1. The monoisotopic (exact) mass is 176 g/mol. The van der Waals surface area contributed by atoms with E-state index in [2.05, 4.69) is 21.2 Å². The summed E-state index contributed by atoms with van der Waals surface area (Å²) < 4.78 is 0. The Kier molecular flexibility index (Phi) is 1.62. The number of nitrogens with one attached hydrogen (secondary N) is 2. The molecule has 0 spiro atoms. The molecule has 0 radical (unpaired) electrons. The summed E-state index contributed by atoms with van der Waals surface area (Å²) in [5.74, 6) is 0.522. The molecule has 0 aliphatic carbocycles. The molecule has 0 atom stereocenters. The first kappa shape index (κ1) is 7.91. The first-order chi connectivity index (χ1) is 6.16. The molecule has 0 bridgehead atoms. The minimum atomic E-state index is 0.522. The van der Waals surface area contributed by atoms with Crippen LogP contribution in [-0.2, 0) is 0 Å². The fourth-order valence-electron chi connectivity index (χ4n) is 1.48. The molecule has 68 valence electrons.